The summed E-state index contributed by atoms with van der Waals surface area (Å²) in [7, 11) is 1.64. The smallest absolute Gasteiger partial charge is 0.344 e. The Bertz CT molecular complexity index is 766. The summed E-state index contributed by atoms with van der Waals surface area (Å²) in [5.41, 5.74) is 2.66. The molecule has 29 heavy (non-hydrogen) atoms. The molecule has 0 saturated carbocycles. The molecule has 1 aromatic carbocycles. The third kappa shape index (κ3) is 4.53. The van der Waals surface area contributed by atoms with Gasteiger partial charge >= 0.3 is 6.03 Å². The quantitative estimate of drug-likeness (QED) is 0.713. The number of ether oxygens (including phenoxy) is 1. The zero-order valence-corrected chi connectivity index (χ0v) is 17.4. The number of urea groups is 1. The summed E-state index contributed by atoms with van der Waals surface area (Å²) < 4.78 is 5.24. The number of methoxy groups -OCH3 is 1. The number of carbonyl (C=O) groups excluding carboxylic acids is 3. The van der Waals surface area contributed by atoms with Crippen LogP contribution in [0.3, 0.4) is 0 Å². The lowest BCUT2D eigenvalue weighted by molar-refractivity contribution is -0.139. The van der Waals surface area contributed by atoms with E-state index in [0.717, 1.165) is 48.5 Å². The van der Waals surface area contributed by atoms with Crippen molar-refractivity contribution in [1.82, 2.24) is 20.7 Å². The monoisotopic (exact) mass is 402 g/mol. The molecule has 8 nitrogen and oxygen atoms in total. The van der Waals surface area contributed by atoms with Crippen LogP contribution in [-0.4, -0.2) is 53.5 Å². The molecule has 4 amide bonds. The van der Waals surface area contributed by atoms with E-state index >= 15 is 0 Å². The summed E-state index contributed by atoms with van der Waals surface area (Å²) in [4.78, 5) is 39.5. The van der Waals surface area contributed by atoms with E-state index < -0.39 is 17.5 Å². The molecule has 2 atom stereocenters. The van der Waals surface area contributed by atoms with Gasteiger partial charge in [0.05, 0.1) is 13.7 Å². The average Bonchev–Trinajstić information content (AvgIpc) is 2.87. The van der Waals surface area contributed by atoms with Crippen LogP contribution in [0, 0.1) is 0 Å². The number of amides is 4. The van der Waals surface area contributed by atoms with Crippen LogP contribution in [0.2, 0.25) is 0 Å². The standard InChI is InChI=1S/C21H30N4O4/c1-4-21(2)19(27)25(20(28)22-21)23-18(26)14-24-13-7-5-6-8-17(24)15-9-11-16(29-3)12-10-15/h9-12,17H,4-8,13-14H2,1-3H3,(H,22,28)(H,23,26)/t17-,21+/m1/s1. The molecule has 0 unspecified atom stereocenters. The molecule has 0 aromatic heterocycles. The predicted molar refractivity (Wildman–Crippen MR) is 108 cm³/mol. The number of nitrogens with one attached hydrogen (secondary N) is 2. The summed E-state index contributed by atoms with van der Waals surface area (Å²) >= 11 is 0. The van der Waals surface area contributed by atoms with Crippen LogP contribution in [0.4, 0.5) is 4.79 Å². The average molecular weight is 402 g/mol. The van der Waals surface area contributed by atoms with E-state index in [-0.39, 0.29) is 18.5 Å². The highest BCUT2D eigenvalue weighted by atomic mass is 16.5. The van der Waals surface area contributed by atoms with Crippen molar-refractivity contribution < 1.29 is 19.1 Å². The Morgan fingerprint density at radius 3 is 2.59 bits per heavy atom. The van der Waals surface area contributed by atoms with Crippen molar-refractivity contribution in [2.75, 3.05) is 20.2 Å². The van der Waals surface area contributed by atoms with Gasteiger partial charge in [-0.2, -0.15) is 5.01 Å². The lowest BCUT2D eigenvalue weighted by atomic mass is 10.00. The van der Waals surface area contributed by atoms with Gasteiger partial charge in [0.15, 0.2) is 0 Å². The summed E-state index contributed by atoms with van der Waals surface area (Å²) in [6.45, 7) is 4.39. The van der Waals surface area contributed by atoms with E-state index in [1.807, 2.05) is 31.2 Å². The molecular formula is C21H30N4O4. The molecular weight excluding hydrogens is 372 g/mol. The Balaban J connectivity index is 1.69. The summed E-state index contributed by atoms with van der Waals surface area (Å²) in [6.07, 6.45) is 4.63. The second-order valence-corrected chi connectivity index (χ2v) is 7.90. The van der Waals surface area contributed by atoms with Crippen LogP contribution in [0.1, 0.15) is 57.6 Å². The fourth-order valence-electron chi connectivity index (χ4n) is 3.93. The molecule has 2 fully saturated rings. The fourth-order valence-corrected chi connectivity index (χ4v) is 3.93. The number of carbonyl (C=O) groups is 3. The summed E-state index contributed by atoms with van der Waals surface area (Å²) in [6, 6.07) is 7.44. The van der Waals surface area contributed by atoms with Gasteiger partial charge < -0.3 is 10.1 Å². The maximum absolute atomic E-state index is 12.7. The second kappa shape index (κ2) is 8.82. The highest BCUT2D eigenvalue weighted by molar-refractivity contribution is 6.07. The van der Waals surface area contributed by atoms with E-state index in [9.17, 15) is 14.4 Å². The van der Waals surface area contributed by atoms with Gasteiger partial charge in [-0.05, 0) is 50.4 Å². The van der Waals surface area contributed by atoms with Crippen LogP contribution >= 0.6 is 0 Å². The van der Waals surface area contributed by atoms with Gasteiger partial charge in [0, 0.05) is 6.04 Å². The van der Waals surface area contributed by atoms with Crippen molar-refractivity contribution in [2.24, 2.45) is 0 Å². The third-order valence-electron chi connectivity index (χ3n) is 5.92. The number of hydrogen-bond acceptors (Lipinski definition) is 5. The molecule has 2 N–H and O–H groups in total. The molecule has 0 radical (unpaired) electrons. The molecule has 1 aromatic rings. The van der Waals surface area contributed by atoms with E-state index in [0.29, 0.717) is 6.42 Å². The highest BCUT2D eigenvalue weighted by Crippen LogP contribution is 2.31. The van der Waals surface area contributed by atoms with Crippen LogP contribution in [0.5, 0.6) is 5.75 Å². The minimum absolute atomic E-state index is 0.109. The fraction of sp³-hybridized carbons (Fsp3) is 0.571. The number of likely N-dealkylation sites (tertiary alicyclic amines) is 1. The Morgan fingerprint density at radius 1 is 1.24 bits per heavy atom. The van der Waals surface area contributed by atoms with Crippen molar-refractivity contribution >= 4 is 17.8 Å². The van der Waals surface area contributed by atoms with E-state index in [4.69, 9.17) is 4.74 Å². The molecule has 0 spiro atoms. The minimum Gasteiger partial charge on any atom is -0.497 e. The molecule has 0 aliphatic carbocycles. The predicted octanol–water partition coefficient (Wildman–Crippen LogP) is 2.36. The van der Waals surface area contributed by atoms with Gasteiger partial charge in [-0.15, -0.1) is 0 Å². The molecule has 2 saturated heterocycles. The Labute approximate surface area is 171 Å². The highest BCUT2D eigenvalue weighted by Gasteiger charge is 2.47. The maximum atomic E-state index is 12.7. The lowest BCUT2D eigenvalue weighted by Crippen LogP contribution is -2.51. The maximum Gasteiger partial charge on any atom is 0.344 e. The SMILES string of the molecule is CC[C@]1(C)NC(=O)N(NC(=O)CN2CCCCC[C@@H]2c2ccc(OC)cc2)C1=O. The van der Waals surface area contributed by atoms with E-state index in [1.165, 1.54) is 0 Å². The van der Waals surface area contributed by atoms with Crippen LogP contribution in [-0.2, 0) is 9.59 Å². The number of hydrogen-bond donors (Lipinski definition) is 2. The molecule has 3 rings (SSSR count). The van der Waals surface area contributed by atoms with E-state index in [2.05, 4.69) is 15.6 Å². The summed E-state index contributed by atoms with van der Waals surface area (Å²) in [5, 5.41) is 3.45. The first-order valence-corrected chi connectivity index (χ1v) is 10.2. The van der Waals surface area contributed by atoms with Crippen molar-refractivity contribution in [1.29, 1.82) is 0 Å². The number of benzene rings is 1. The van der Waals surface area contributed by atoms with Crippen molar-refractivity contribution in [3.05, 3.63) is 29.8 Å². The topological polar surface area (TPSA) is 91.0 Å². The van der Waals surface area contributed by atoms with Crippen LogP contribution in [0.15, 0.2) is 24.3 Å². The number of rotatable bonds is 6. The zero-order valence-electron chi connectivity index (χ0n) is 17.4. The van der Waals surface area contributed by atoms with Gasteiger partial charge in [-0.1, -0.05) is 31.9 Å². The van der Waals surface area contributed by atoms with E-state index in [1.54, 1.807) is 14.0 Å². The first-order chi connectivity index (χ1) is 13.9. The van der Waals surface area contributed by atoms with Gasteiger partial charge in [0.25, 0.3) is 11.8 Å². The van der Waals surface area contributed by atoms with Gasteiger partial charge in [-0.25, -0.2) is 4.79 Å². The normalized spacial score (nSPS) is 25.5. The van der Waals surface area contributed by atoms with Gasteiger partial charge in [0.2, 0.25) is 0 Å². The van der Waals surface area contributed by atoms with Gasteiger partial charge in [0.1, 0.15) is 11.3 Å². The largest absolute Gasteiger partial charge is 0.497 e. The van der Waals surface area contributed by atoms with Crippen LogP contribution in [0.25, 0.3) is 0 Å². The summed E-state index contributed by atoms with van der Waals surface area (Å²) in [5.74, 6) is -0.000572. The number of imide groups is 1. The van der Waals surface area contributed by atoms with Crippen molar-refractivity contribution in [2.45, 2.75) is 57.5 Å². The van der Waals surface area contributed by atoms with Crippen molar-refractivity contribution in [3.63, 3.8) is 0 Å². The zero-order chi connectivity index (χ0) is 21.0. The molecule has 2 aliphatic rings. The molecule has 2 aliphatic heterocycles. The Morgan fingerprint density at radius 2 is 1.97 bits per heavy atom. The first kappa shape index (κ1) is 21.1. The Hall–Kier alpha value is -2.61. The Kier molecular flexibility index (Phi) is 6.42. The van der Waals surface area contributed by atoms with Crippen LogP contribution < -0.4 is 15.5 Å². The lowest BCUT2D eigenvalue weighted by Gasteiger charge is -2.30. The first-order valence-electron chi connectivity index (χ1n) is 10.2. The molecule has 0 bridgehead atoms. The number of nitrogens with zero attached hydrogens (tertiary/aromatic N) is 2. The van der Waals surface area contributed by atoms with Crippen molar-refractivity contribution in [3.8, 4) is 5.75 Å². The minimum atomic E-state index is -0.974. The third-order valence-corrected chi connectivity index (χ3v) is 5.92. The molecule has 2 heterocycles. The second-order valence-electron chi connectivity index (χ2n) is 7.90. The molecule has 8 heteroatoms. The molecule has 158 valence electrons. The van der Waals surface area contributed by atoms with Gasteiger partial charge in [-0.3, -0.25) is 19.9 Å². The number of hydrazine groups is 1.